The zero-order valence-corrected chi connectivity index (χ0v) is 17.4. The van der Waals surface area contributed by atoms with Gasteiger partial charge < -0.3 is 9.47 Å². The van der Waals surface area contributed by atoms with Gasteiger partial charge in [0.15, 0.2) is 18.2 Å². The molecule has 0 atom stereocenters. The molecule has 0 aliphatic heterocycles. The highest BCUT2D eigenvalue weighted by molar-refractivity contribution is 5.81. The van der Waals surface area contributed by atoms with Crippen LogP contribution >= 0.6 is 0 Å². The van der Waals surface area contributed by atoms with Gasteiger partial charge in [0, 0.05) is 35.0 Å². The van der Waals surface area contributed by atoms with E-state index in [4.69, 9.17) is 14.5 Å². The molecular formula is C25H24N3O2+. The monoisotopic (exact) mass is 398 g/mol. The first-order chi connectivity index (χ1) is 14.7. The Morgan fingerprint density at radius 3 is 1.83 bits per heavy atom. The van der Waals surface area contributed by atoms with Crippen molar-refractivity contribution in [3.8, 4) is 45.3 Å². The predicted octanol–water partition coefficient (Wildman–Crippen LogP) is 4.80. The summed E-state index contributed by atoms with van der Waals surface area (Å²) < 4.78 is 12.7. The number of rotatable bonds is 6. The van der Waals surface area contributed by atoms with Gasteiger partial charge in [0.1, 0.15) is 18.0 Å². The van der Waals surface area contributed by atoms with Gasteiger partial charge in [0.2, 0.25) is 0 Å². The Kier molecular flexibility index (Phi) is 5.70. The van der Waals surface area contributed by atoms with Crippen molar-refractivity contribution in [3.63, 3.8) is 0 Å². The molecule has 2 aromatic heterocycles. The SMILES string of the molecule is CC[n+]1ccc(-c2ncc(-c3ccc(OC)cc3)c(-c3ccc(OC)cc3)n2)cc1. The van der Waals surface area contributed by atoms with E-state index < -0.39 is 0 Å². The standard InChI is InChI=1S/C25H24N3O2/c1-4-28-15-13-20(14-16-28)25-26-17-23(18-5-9-21(29-2)10-6-18)24(27-25)19-7-11-22(30-3)12-8-19/h5-17H,4H2,1-3H3/q+1. The Hall–Kier alpha value is -3.73. The van der Waals surface area contributed by atoms with Crippen LogP contribution in [-0.4, -0.2) is 24.2 Å². The van der Waals surface area contributed by atoms with Crippen LogP contribution in [0.15, 0.2) is 79.3 Å². The Labute approximate surface area is 176 Å². The van der Waals surface area contributed by atoms with Crippen LogP contribution in [0, 0.1) is 0 Å². The van der Waals surface area contributed by atoms with E-state index in [1.807, 2.05) is 79.3 Å². The quantitative estimate of drug-likeness (QED) is 0.438. The normalized spacial score (nSPS) is 10.6. The maximum atomic E-state index is 5.31. The number of ether oxygens (including phenoxy) is 2. The van der Waals surface area contributed by atoms with E-state index in [-0.39, 0.29) is 0 Å². The molecule has 0 unspecified atom stereocenters. The van der Waals surface area contributed by atoms with Gasteiger partial charge in [-0.25, -0.2) is 14.5 Å². The first-order valence-corrected chi connectivity index (χ1v) is 9.87. The maximum Gasteiger partial charge on any atom is 0.169 e. The average Bonchev–Trinajstić information content (AvgIpc) is 2.84. The topological polar surface area (TPSA) is 48.1 Å². The van der Waals surface area contributed by atoms with E-state index in [2.05, 4.69) is 16.5 Å². The molecule has 0 N–H and O–H groups in total. The molecule has 0 aliphatic rings. The second kappa shape index (κ2) is 8.74. The molecule has 150 valence electrons. The largest absolute Gasteiger partial charge is 0.497 e. The van der Waals surface area contributed by atoms with Crippen molar-refractivity contribution in [3.05, 3.63) is 79.3 Å². The summed E-state index contributed by atoms with van der Waals surface area (Å²) >= 11 is 0. The summed E-state index contributed by atoms with van der Waals surface area (Å²) in [5.41, 5.74) is 4.86. The van der Waals surface area contributed by atoms with Crippen molar-refractivity contribution >= 4 is 0 Å². The van der Waals surface area contributed by atoms with Gasteiger partial charge in [-0.05, 0) is 48.9 Å². The summed E-state index contributed by atoms with van der Waals surface area (Å²) in [4.78, 5) is 9.62. The molecule has 4 rings (SSSR count). The molecule has 0 fully saturated rings. The minimum absolute atomic E-state index is 0.696. The fourth-order valence-corrected chi connectivity index (χ4v) is 3.29. The van der Waals surface area contributed by atoms with Crippen LogP contribution in [0.1, 0.15) is 6.92 Å². The van der Waals surface area contributed by atoms with Crippen molar-refractivity contribution in [1.29, 1.82) is 0 Å². The van der Waals surface area contributed by atoms with Crippen LogP contribution in [0.4, 0.5) is 0 Å². The smallest absolute Gasteiger partial charge is 0.169 e. The average molecular weight is 398 g/mol. The van der Waals surface area contributed by atoms with Crippen molar-refractivity contribution in [2.45, 2.75) is 13.5 Å². The lowest BCUT2D eigenvalue weighted by Crippen LogP contribution is -2.30. The molecular weight excluding hydrogens is 374 g/mol. The van der Waals surface area contributed by atoms with Crippen LogP contribution in [0.2, 0.25) is 0 Å². The minimum atomic E-state index is 0.696. The summed E-state index contributed by atoms with van der Waals surface area (Å²) in [6.45, 7) is 3.04. The minimum Gasteiger partial charge on any atom is -0.497 e. The summed E-state index contributed by atoms with van der Waals surface area (Å²) in [5.74, 6) is 2.32. The highest BCUT2D eigenvalue weighted by Crippen LogP contribution is 2.33. The molecule has 5 nitrogen and oxygen atoms in total. The van der Waals surface area contributed by atoms with Crippen LogP contribution in [0.25, 0.3) is 33.8 Å². The van der Waals surface area contributed by atoms with Crippen LogP contribution in [0.5, 0.6) is 11.5 Å². The second-order valence-corrected chi connectivity index (χ2v) is 6.83. The van der Waals surface area contributed by atoms with Gasteiger partial charge in [-0.3, -0.25) is 0 Å². The third-order valence-electron chi connectivity index (χ3n) is 5.07. The van der Waals surface area contributed by atoms with Gasteiger partial charge in [0.25, 0.3) is 0 Å². The second-order valence-electron chi connectivity index (χ2n) is 6.83. The maximum absolute atomic E-state index is 5.31. The molecule has 2 heterocycles. The predicted molar refractivity (Wildman–Crippen MR) is 117 cm³/mol. The Morgan fingerprint density at radius 2 is 1.30 bits per heavy atom. The van der Waals surface area contributed by atoms with Crippen molar-refractivity contribution in [2.75, 3.05) is 14.2 Å². The molecule has 0 amide bonds. The van der Waals surface area contributed by atoms with E-state index in [0.717, 1.165) is 46.0 Å². The lowest BCUT2D eigenvalue weighted by atomic mass is 10.00. The molecule has 0 bridgehead atoms. The van der Waals surface area contributed by atoms with E-state index in [0.29, 0.717) is 5.82 Å². The van der Waals surface area contributed by atoms with Gasteiger partial charge >= 0.3 is 0 Å². The van der Waals surface area contributed by atoms with Gasteiger partial charge in [-0.1, -0.05) is 12.1 Å². The number of pyridine rings is 1. The van der Waals surface area contributed by atoms with Crippen molar-refractivity contribution in [1.82, 2.24) is 9.97 Å². The molecule has 0 aliphatic carbocycles. The number of hydrogen-bond donors (Lipinski definition) is 0. The molecule has 4 aromatic rings. The zero-order valence-electron chi connectivity index (χ0n) is 17.4. The van der Waals surface area contributed by atoms with Gasteiger partial charge in [-0.2, -0.15) is 0 Å². The summed E-state index contributed by atoms with van der Waals surface area (Å²) in [6, 6.07) is 20.0. The van der Waals surface area contributed by atoms with Gasteiger partial charge in [-0.15, -0.1) is 0 Å². The third-order valence-corrected chi connectivity index (χ3v) is 5.07. The highest BCUT2D eigenvalue weighted by Gasteiger charge is 2.14. The van der Waals surface area contributed by atoms with Crippen LogP contribution in [-0.2, 0) is 6.54 Å². The zero-order chi connectivity index (χ0) is 20.9. The lowest BCUT2D eigenvalue weighted by molar-refractivity contribution is -0.693. The first kappa shape index (κ1) is 19.6. The number of aromatic nitrogens is 3. The molecule has 0 radical (unpaired) electrons. The first-order valence-electron chi connectivity index (χ1n) is 9.87. The fourth-order valence-electron chi connectivity index (χ4n) is 3.29. The summed E-state index contributed by atoms with van der Waals surface area (Å²) in [7, 11) is 3.33. The van der Waals surface area contributed by atoms with Crippen molar-refractivity contribution < 1.29 is 14.0 Å². The highest BCUT2D eigenvalue weighted by atomic mass is 16.5. The van der Waals surface area contributed by atoms with Crippen LogP contribution < -0.4 is 14.0 Å². The number of benzene rings is 2. The number of methoxy groups -OCH3 is 2. The Morgan fingerprint density at radius 1 is 0.733 bits per heavy atom. The molecule has 2 aromatic carbocycles. The molecule has 0 saturated heterocycles. The van der Waals surface area contributed by atoms with E-state index in [9.17, 15) is 0 Å². The molecule has 30 heavy (non-hydrogen) atoms. The Bertz CT molecular complexity index is 1120. The lowest BCUT2D eigenvalue weighted by Gasteiger charge is -2.12. The number of aryl methyl sites for hydroxylation is 1. The van der Waals surface area contributed by atoms with Gasteiger partial charge in [0.05, 0.1) is 19.9 Å². The number of hydrogen-bond acceptors (Lipinski definition) is 4. The van der Waals surface area contributed by atoms with Crippen molar-refractivity contribution in [2.24, 2.45) is 0 Å². The fraction of sp³-hybridized carbons (Fsp3) is 0.160. The van der Waals surface area contributed by atoms with E-state index in [1.54, 1.807) is 14.2 Å². The van der Waals surface area contributed by atoms with E-state index in [1.165, 1.54) is 0 Å². The van der Waals surface area contributed by atoms with E-state index >= 15 is 0 Å². The third kappa shape index (κ3) is 4.01. The molecule has 5 heteroatoms. The molecule has 0 spiro atoms. The summed E-state index contributed by atoms with van der Waals surface area (Å²) in [5, 5.41) is 0. The van der Waals surface area contributed by atoms with Crippen LogP contribution in [0.3, 0.4) is 0 Å². The molecule has 0 saturated carbocycles. The number of nitrogens with zero attached hydrogens (tertiary/aromatic N) is 3. The Balaban J connectivity index is 1.83. The summed E-state index contributed by atoms with van der Waals surface area (Å²) in [6.07, 6.45) is 5.98.